The second-order valence-electron chi connectivity index (χ2n) is 10.9. The lowest BCUT2D eigenvalue weighted by molar-refractivity contribution is -0.118. The van der Waals surface area contributed by atoms with Crippen LogP contribution in [0.1, 0.15) is 79.7 Å². The van der Waals surface area contributed by atoms with Gasteiger partial charge in [-0.15, -0.1) is 0 Å². The van der Waals surface area contributed by atoms with Crippen molar-refractivity contribution in [1.29, 1.82) is 0 Å². The molecular formula is C28H32N4O. The van der Waals surface area contributed by atoms with Gasteiger partial charge in [0.2, 0.25) is 0 Å². The summed E-state index contributed by atoms with van der Waals surface area (Å²) in [5.74, 6) is 1.20. The Labute approximate surface area is 195 Å². The molecule has 0 bridgehead atoms. The van der Waals surface area contributed by atoms with E-state index in [0.717, 1.165) is 40.5 Å². The van der Waals surface area contributed by atoms with Gasteiger partial charge in [0.25, 0.3) is 0 Å². The lowest BCUT2D eigenvalue weighted by Crippen LogP contribution is -2.34. The standard InChI is InChI=1S/C28H32N4O/c1-16-13-21(18(3)31(16)19-11-12-19)25-24-17(2)30-32(20-9-7-6-8-10-20)27(24)29-22-14-28(4,5)15-23(33)26(22)25/h6-10,13,19,25,29H,11-12,14-15H2,1-5H3/t25-/m1/s1. The Kier molecular flexibility index (Phi) is 4.33. The highest BCUT2D eigenvalue weighted by Crippen LogP contribution is 2.52. The molecule has 1 atom stereocenters. The van der Waals surface area contributed by atoms with Crippen molar-refractivity contribution in [3.63, 3.8) is 0 Å². The van der Waals surface area contributed by atoms with Crippen LogP contribution in [0.3, 0.4) is 0 Å². The van der Waals surface area contributed by atoms with E-state index in [-0.39, 0.29) is 17.1 Å². The number of nitrogens with zero attached hydrogens (tertiary/aromatic N) is 3. The summed E-state index contributed by atoms with van der Waals surface area (Å²) in [7, 11) is 0. The van der Waals surface area contributed by atoms with E-state index in [4.69, 9.17) is 5.10 Å². The van der Waals surface area contributed by atoms with Crippen LogP contribution >= 0.6 is 0 Å². The quantitative estimate of drug-likeness (QED) is 0.533. The van der Waals surface area contributed by atoms with Gasteiger partial charge < -0.3 is 9.88 Å². The molecule has 2 aromatic heterocycles. The minimum Gasteiger partial charge on any atom is -0.346 e. The van der Waals surface area contributed by atoms with Gasteiger partial charge in [-0.05, 0) is 69.2 Å². The molecular weight excluding hydrogens is 408 g/mol. The maximum Gasteiger partial charge on any atom is 0.162 e. The van der Waals surface area contributed by atoms with Crippen molar-refractivity contribution in [2.75, 3.05) is 5.32 Å². The molecule has 3 heterocycles. The summed E-state index contributed by atoms with van der Waals surface area (Å²) < 4.78 is 4.51. The van der Waals surface area contributed by atoms with Crippen LogP contribution in [0.5, 0.6) is 0 Å². The van der Waals surface area contributed by atoms with Gasteiger partial charge in [0.05, 0.1) is 11.4 Å². The molecule has 6 rings (SSSR count). The number of rotatable bonds is 3. The third kappa shape index (κ3) is 3.12. The van der Waals surface area contributed by atoms with Crippen LogP contribution in [-0.2, 0) is 4.79 Å². The van der Waals surface area contributed by atoms with Gasteiger partial charge in [0, 0.05) is 46.6 Å². The maximum atomic E-state index is 13.6. The SMILES string of the molecule is Cc1nn(-c2ccccc2)c2c1[C@@H](c1cc(C)n(C3CC3)c1C)C1=C(CC(C)(C)CC1=O)N2. The molecule has 5 nitrogen and oxygen atoms in total. The number of nitrogens with one attached hydrogen (secondary N) is 1. The third-order valence-electron chi connectivity index (χ3n) is 7.62. The van der Waals surface area contributed by atoms with Crippen LogP contribution < -0.4 is 5.32 Å². The molecule has 1 aromatic carbocycles. The zero-order valence-corrected chi connectivity index (χ0v) is 20.2. The average molecular weight is 441 g/mol. The van der Waals surface area contributed by atoms with Crippen LogP contribution in [-0.4, -0.2) is 20.1 Å². The fraction of sp³-hybridized carbons (Fsp3) is 0.429. The highest BCUT2D eigenvalue weighted by Gasteiger charge is 2.44. The van der Waals surface area contributed by atoms with Crippen LogP contribution in [0.15, 0.2) is 47.7 Å². The van der Waals surface area contributed by atoms with Crippen LogP contribution in [0, 0.1) is 26.2 Å². The van der Waals surface area contributed by atoms with Gasteiger partial charge in [0.1, 0.15) is 5.82 Å². The number of allylic oxidation sites excluding steroid dienone is 2. The fourth-order valence-electron chi connectivity index (χ4n) is 6.13. The number of benzene rings is 1. The van der Waals surface area contributed by atoms with Crippen molar-refractivity contribution >= 4 is 11.6 Å². The molecule has 5 heteroatoms. The minimum atomic E-state index is -0.0731. The molecule has 3 aliphatic rings. The molecule has 3 aromatic rings. The Bertz CT molecular complexity index is 1320. The van der Waals surface area contributed by atoms with E-state index >= 15 is 0 Å². The molecule has 0 unspecified atom stereocenters. The number of carbonyl (C=O) groups excluding carboxylic acids is 1. The lowest BCUT2D eigenvalue weighted by Gasteiger charge is -2.38. The van der Waals surface area contributed by atoms with E-state index in [2.05, 4.69) is 62.7 Å². The van der Waals surface area contributed by atoms with Crippen LogP contribution in [0.25, 0.3) is 5.69 Å². The first-order chi connectivity index (χ1) is 15.7. The van der Waals surface area contributed by atoms with Gasteiger partial charge in [-0.3, -0.25) is 4.79 Å². The maximum absolute atomic E-state index is 13.6. The number of Topliss-reactive ketones (excluding diaryl/α,β-unsaturated/α-hetero) is 1. The Hall–Kier alpha value is -3.08. The molecule has 2 aliphatic carbocycles. The highest BCUT2D eigenvalue weighted by atomic mass is 16.1. The predicted molar refractivity (Wildman–Crippen MR) is 131 cm³/mol. The number of carbonyl (C=O) groups is 1. The first-order valence-electron chi connectivity index (χ1n) is 12.1. The summed E-state index contributed by atoms with van der Waals surface area (Å²) in [5, 5.41) is 8.67. The zero-order valence-electron chi connectivity index (χ0n) is 20.2. The third-order valence-corrected chi connectivity index (χ3v) is 7.62. The van der Waals surface area contributed by atoms with Crippen LogP contribution in [0.4, 0.5) is 5.82 Å². The summed E-state index contributed by atoms with van der Waals surface area (Å²) in [4.78, 5) is 13.6. The first-order valence-corrected chi connectivity index (χ1v) is 12.1. The predicted octanol–water partition coefficient (Wildman–Crippen LogP) is 6.13. The van der Waals surface area contributed by atoms with Gasteiger partial charge >= 0.3 is 0 Å². The molecule has 0 saturated heterocycles. The minimum absolute atomic E-state index is 0.0531. The van der Waals surface area contributed by atoms with Gasteiger partial charge in [0.15, 0.2) is 5.78 Å². The Morgan fingerprint density at radius 1 is 1.06 bits per heavy atom. The molecule has 1 saturated carbocycles. The number of fused-ring (bicyclic) bond motifs is 1. The molecule has 1 aliphatic heterocycles. The van der Waals surface area contributed by atoms with Crippen molar-refractivity contribution in [2.45, 2.75) is 72.3 Å². The molecule has 1 fully saturated rings. The van der Waals surface area contributed by atoms with Crippen LogP contribution in [0.2, 0.25) is 0 Å². The molecule has 0 amide bonds. The molecule has 0 spiro atoms. The van der Waals surface area contributed by atoms with Gasteiger partial charge in [-0.1, -0.05) is 32.0 Å². The van der Waals surface area contributed by atoms with Crippen molar-refractivity contribution in [3.05, 3.63) is 75.9 Å². The summed E-state index contributed by atoms with van der Waals surface area (Å²) in [6.45, 7) is 10.9. The van der Waals surface area contributed by atoms with E-state index < -0.39 is 0 Å². The number of ketones is 1. The van der Waals surface area contributed by atoms with E-state index in [1.165, 1.54) is 29.8 Å². The van der Waals surface area contributed by atoms with Crippen molar-refractivity contribution < 1.29 is 4.79 Å². The van der Waals surface area contributed by atoms with E-state index in [0.29, 0.717) is 12.5 Å². The number of aryl methyl sites for hydroxylation is 2. The molecule has 1 N–H and O–H groups in total. The summed E-state index contributed by atoms with van der Waals surface area (Å²) >= 11 is 0. The monoisotopic (exact) mass is 440 g/mol. The van der Waals surface area contributed by atoms with Crippen molar-refractivity contribution in [1.82, 2.24) is 14.3 Å². The second-order valence-corrected chi connectivity index (χ2v) is 10.9. The Balaban J connectivity index is 1.61. The number of anilines is 1. The topological polar surface area (TPSA) is 51.9 Å². The molecule has 170 valence electrons. The number of hydrogen-bond donors (Lipinski definition) is 1. The average Bonchev–Trinajstić information content (AvgIpc) is 3.47. The number of para-hydroxylation sites is 1. The first kappa shape index (κ1) is 20.5. The van der Waals surface area contributed by atoms with E-state index in [1.54, 1.807) is 0 Å². The number of aromatic nitrogens is 3. The summed E-state index contributed by atoms with van der Waals surface area (Å²) in [6.07, 6.45) is 3.95. The summed E-state index contributed by atoms with van der Waals surface area (Å²) in [6, 6.07) is 13.2. The van der Waals surface area contributed by atoms with E-state index in [9.17, 15) is 4.79 Å². The van der Waals surface area contributed by atoms with Crippen molar-refractivity contribution in [3.8, 4) is 5.69 Å². The zero-order chi connectivity index (χ0) is 23.1. The Morgan fingerprint density at radius 2 is 1.79 bits per heavy atom. The Morgan fingerprint density at radius 3 is 2.48 bits per heavy atom. The largest absolute Gasteiger partial charge is 0.346 e. The van der Waals surface area contributed by atoms with Gasteiger partial charge in [-0.25, -0.2) is 4.68 Å². The smallest absolute Gasteiger partial charge is 0.162 e. The number of hydrogen-bond acceptors (Lipinski definition) is 3. The highest BCUT2D eigenvalue weighted by molar-refractivity contribution is 6.01. The van der Waals surface area contributed by atoms with Gasteiger partial charge in [-0.2, -0.15) is 5.10 Å². The second kappa shape index (κ2) is 6.96. The molecule has 0 radical (unpaired) electrons. The summed E-state index contributed by atoms with van der Waals surface area (Å²) in [5.41, 5.74) is 8.97. The molecule has 33 heavy (non-hydrogen) atoms. The fourth-order valence-corrected chi connectivity index (χ4v) is 6.13. The lowest BCUT2D eigenvalue weighted by atomic mass is 9.69. The van der Waals surface area contributed by atoms with Crippen molar-refractivity contribution in [2.24, 2.45) is 5.41 Å². The normalized spacial score (nSPS) is 21.6. The van der Waals surface area contributed by atoms with E-state index in [1.807, 2.05) is 22.9 Å².